The molecule has 0 spiro atoms. The van der Waals surface area contributed by atoms with Gasteiger partial charge in [-0.15, -0.1) is 0 Å². The first-order chi connectivity index (χ1) is 15.9. The molecular weight excluding hydrogens is 434 g/mol. The molecule has 170 valence electrons. The lowest BCUT2D eigenvalue weighted by Gasteiger charge is -2.24. The molecule has 2 aromatic carbocycles. The van der Waals surface area contributed by atoms with Crippen molar-refractivity contribution in [1.29, 1.82) is 0 Å². The van der Waals surface area contributed by atoms with Crippen LogP contribution in [0.4, 0.5) is 5.69 Å². The van der Waals surface area contributed by atoms with Gasteiger partial charge in [-0.05, 0) is 75.1 Å². The summed E-state index contributed by atoms with van der Waals surface area (Å²) in [5.74, 6) is 0.952. The fraction of sp³-hybridized carbons (Fsp3) is 0.346. The molecule has 3 heterocycles. The summed E-state index contributed by atoms with van der Waals surface area (Å²) in [6.07, 6.45) is 4.95. The molecule has 1 aliphatic rings. The molecule has 1 aliphatic heterocycles. The van der Waals surface area contributed by atoms with E-state index in [9.17, 15) is 4.79 Å². The lowest BCUT2D eigenvalue weighted by Crippen LogP contribution is -2.35. The zero-order valence-electron chi connectivity index (χ0n) is 19.2. The van der Waals surface area contributed by atoms with Gasteiger partial charge in [-0.25, -0.2) is 4.98 Å². The maximum atomic E-state index is 13.3. The van der Waals surface area contributed by atoms with Crippen LogP contribution in [0.5, 0.6) is 0 Å². The molecule has 2 aromatic heterocycles. The van der Waals surface area contributed by atoms with Gasteiger partial charge >= 0.3 is 0 Å². The summed E-state index contributed by atoms with van der Waals surface area (Å²) in [6, 6.07) is 11.9. The SMILES string of the molecule is CC[C@H]1CCCN1C(=O)c1cc2nccc(NC(C)c3nc4ccc(Cl)cc4[nH]3)c2cc1C. The van der Waals surface area contributed by atoms with E-state index < -0.39 is 0 Å². The molecule has 0 saturated carbocycles. The van der Waals surface area contributed by atoms with Crippen molar-refractivity contribution >= 4 is 45.1 Å². The van der Waals surface area contributed by atoms with E-state index in [0.29, 0.717) is 11.1 Å². The number of aryl methyl sites for hydroxylation is 1. The monoisotopic (exact) mass is 461 g/mol. The number of carbonyl (C=O) groups excluding carboxylic acids is 1. The number of nitrogens with one attached hydrogen (secondary N) is 2. The highest BCUT2D eigenvalue weighted by atomic mass is 35.5. The van der Waals surface area contributed by atoms with Gasteiger partial charge in [-0.3, -0.25) is 9.78 Å². The topological polar surface area (TPSA) is 73.9 Å². The Hall–Kier alpha value is -3.12. The van der Waals surface area contributed by atoms with Gasteiger partial charge in [0.05, 0.1) is 22.6 Å². The lowest BCUT2D eigenvalue weighted by molar-refractivity contribution is 0.0733. The maximum absolute atomic E-state index is 13.3. The minimum Gasteiger partial charge on any atom is -0.375 e. The zero-order valence-corrected chi connectivity index (χ0v) is 19.9. The molecular formula is C26H28ClN5O. The third kappa shape index (κ3) is 4.04. The number of likely N-dealkylation sites (tertiary alicyclic amines) is 1. The van der Waals surface area contributed by atoms with Crippen LogP contribution >= 0.6 is 11.6 Å². The molecule has 0 radical (unpaired) electrons. The molecule has 0 bridgehead atoms. The van der Waals surface area contributed by atoms with E-state index in [4.69, 9.17) is 16.6 Å². The number of anilines is 1. The Morgan fingerprint density at radius 2 is 2.12 bits per heavy atom. The number of hydrogen-bond donors (Lipinski definition) is 2. The van der Waals surface area contributed by atoms with Crippen molar-refractivity contribution < 1.29 is 4.79 Å². The zero-order chi connectivity index (χ0) is 23.1. The Labute approximate surface area is 198 Å². The summed E-state index contributed by atoms with van der Waals surface area (Å²) in [5.41, 5.74) is 5.28. The van der Waals surface area contributed by atoms with E-state index in [1.165, 1.54) is 0 Å². The summed E-state index contributed by atoms with van der Waals surface area (Å²) in [4.78, 5) is 28.0. The van der Waals surface area contributed by atoms with Gasteiger partial charge in [0.15, 0.2) is 0 Å². The Kier molecular flexibility index (Phi) is 5.71. The molecule has 1 unspecified atom stereocenters. The number of pyridine rings is 1. The quantitative estimate of drug-likeness (QED) is 0.367. The molecule has 2 N–H and O–H groups in total. The second kappa shape index (κ2) is 8.67. The summed E-state index contributed by atoms with van der Waals surface area (Å²) in [7, 11) is 0. The second-order valence-corrected chi connectivity index (χ2v) is 9.33. The van der Waals surface area contributed by atoms with Crippen LogP contribution in [0.25, 0.3) is 21.9 Å². The first-order valence-corrected chi connectivity index (χ1v) is 11.9. The van der Waals surface area contributed by atoms with Crippen molar-refractivity contribution in [3.63, 3.8) is 0 Å². The molecule has 0 aliphatic carbocycles. The van der Waals surface area contributed by atoms with E-state index in [0.717, 1.165) is 70.4 Å². The van der Waals surface area contributed by atoms with E-state index in [1.54, 1.807) is 6.20 Å². The average Bonchev–Trinajstić information content (AvgIpc) is 3.45. The van der Waals surface area contributed by atoms with Crippen LogP contribution in [0.15, 0.2) is 42.6 Å². The van der Waals surface area contributed by atoms with Gasteiger partial charge in [0.1, 0.15) is 5.82 Å². The van der Waals surface area contributed by atoms with Crippen molar-refractivity contribution in [2.24, 2.45) is 0 Å². The molecule has 1 saturated heterocycles. The first-order valence-electron chi connectivity index (χ1n) is 11.6. The Morgan fingerprint density at radius 1 is 1.27 bits per heavy atom. The van der Waals surface area contributed by atoms with E-state index in [1.807, 2.05) is 42.2 Å². The van der Waals surface area contributed by atoms with Crippen molar-refractivity contribution in [3.8, 4) is 0 Å². The summed E-state index contributed by atoms with van der Waals surface area (Å²) in [5, 5.41) is 5.23. The number of carbonyl (C=O) groups is 1. The lowest BCUT2D eigenvalue weighted by atomic mass is 10.0. The third-order valence-corrected chi connectivity index (χ3v) is 6.91. The van der Waals surface area contributed by atoms with Crippen LogP contribution in [-0.4, -0.2) is 38.3 Å². The van der Waals surface area contributed by atoms with E-state index in [-0.39, 0.29) is 11.9 Å². The summed E-state index contributed by atoms with van der Waals surface area (Å²) >= 11 is 6.11. The van der Waals surface area contributed by atoms with Crippen LogP contribution in [0.3, 0.4) is 0 Å². The second-order valence-electron chi connectivity index (χ2n) is 8.90. The molecule has 7 heteroatoms. The number of rotatable bonds is 5. The summed E-state index contributed by atoms with van der Waals surface area (Å²) < 4.78 is 0. The number of benzene rings is 2. The highest BCUT2D eigenvalue weighted by Crippen LogP contribution is 2.30. The number of H-pyrrole nitrogens is 1. The number of hydrogen-bond acceptors (Lipinski definition) is 4. The van der Waals surface area contributed by atoms with Crippen molar-refractivity contribution in [3.05, 3.63) is 64.6 Å². The van der Waals surface area contributed by atoms with Crippen LogP contribution in [0.1, 0.15) is 60.9 Å². The van der Waals surface area contributed by atoms with Gasteiger partial charge in [0.25, 0.3) is 5.91 Å². The minimum atomic E-state index is -0.0571. The minimum absolute atomic E-state index is 0.0571. The smallest absolute Gasteiger partial charge is 0.254 e. The highest BCUT2D eigenvalue weighted by Gasteiger charge is 2.29. The van der Waals surface area contributed by atoms with E-state index >= 15 is 0 Å². The Morgan fingerprint density at radius 3 is 2.94 bits per heavy atom. The fourth-order valence-corrected chi connectivity index (χ4v) is 5.02. The fourth-order valence-electron chi connectivity index (χ4n) is 4.85. The average molecular weight is 462 g/mol. The van der Waals surface area contributed by atoms with Crippen LogP contribution in [0.2, 0.25) is 5.02 Å². The molecule has 5 rings (SSSR count). The maximum Gasteiger partial charge on any atom is 0.254 e. The Balaban J connectivity index is 1.45. The predicted molar refractivity (Wildman–Crippen MR) is 134 cm³/mol. The van der Waals surface area contributed by atoms with Crippen molar-refractivity contribution in [2.75, 3.05) is 11.9 Å². The Bertz CT molecular complexity index is 1350. The van der Waals surface area contributed by atoms with Crippen LogP contribution < -0.4 is 5.32 Å². The summed E-state index contributed by atoms with van der Waals surface area (Å²) in [6.45, 7) is 7.06. The van der Waals surface area contributed by atoms with Crippen molar-refractivity contribution in [2.45, 2.75) is 52.1 Å². The van der Waals surface area contributed by atoms with Crippen LogP contribution in [-0.2, 0) is 0 Å². The number of nitrogens with zero attached hydrogens (tertiary/aromatic N) is 3. The van der Waals surface area contributed by atoms with Gasteiger partial charge in [-0.2, -0.15) is 0 Å². The van der Waals surface area contributed by atoms with Gasteiger partial charge in [-0.1, -0.05) is 18.5 Å². The molecule has 4 aromatic rings. The number of amides is 1. The highest BCUT2D eigenvalue weighted by molar-refractivity contribution is 6.31. The van der Waals surface area contributed by atoms with Crippen LogP contribution in [0, 0.1) is 6.92 Å². The van der Waals surface area contributed by atoms with Gasteiger partial charge < -0.3 is 15.2 Å². The number of halogens is 1. The van der Waals surface area contributed by atoms with Gasteiger partial charge in [0, 0.05) is 40.4 Å². The first kappa shape index (κ1) is 21.7. The third-order valence-electron chi connectivity index (χ3n) is 6.67. The van der Waals surface area contributed by atoms with E-state index in [2.05, 4.69) is 35.2 Å². The largest absolute Gasteiger partial charge is 0.375 e. The number of aromatic nitrogens is 3. The van der Waals surface area contributed by atoms with Gasteiger partial charge in [0.2, 0.25) is 0 Å². The molecule has 1 amide bonds. The molecule has 1 fully saturated rings. The molecule has 33 heavy (non-hydrogen) atoms. The molecule has 6 nitrogen and oxygen atoms in total. The predicted octanol–water partition coefficient (Wildman–Crippen LogP) is 6.26. The number of fused-ring (bicyclic) bond motifs is 2. The molecule has 2 atom stereocenters. The normalized spacial score (nSPS) is 17.1. The number of aromatic amines is 1. The number of imidazole rings is 1. The van der Waals surface area contributed by atoms with Crippen molar-refractivity contribution in [1.82, 2.24) is 19.9 Å². The standard InChI is InChI=1S/C26H28ClN5O/c1-4-18-6-5-11-32(18)26(33)19-14-23-20(12-15(19)2)21(9-10-28-23)29-16(3)25-30-22-8-7-17(27)13-24(22)31-25/h7-10,12-14,16,18H,4-6,11H2,1-3H3,(H,28,29)(H,30,31)/t16?,18-/m0/s1.